The Labute approximate surface area is 112 Å². The van der Waals surface area contributed by atoms with Gasteiger partial charge in [-0.3, -0.25) is 4.79 Å². The molecule has 0 bridgehead atoms. The Morgan fingerprint density at radius 3 is 2.78 bits per heavy atom. The number of hydrogen-bond donors (Lipinski definition) is 0. The summed E-state index contributed by atoms with van der Waals surface area (Å²) in [6.45, 7) is 2.87. The minimum Gasteiger partial charge on any atom is -0.326 e. The molecule has 1 fully saturated rings. The summed E-state index contributed by atoms with van der Waals surface area (Å²) in [6, 6.07) is 3.68. The van der Waals surface area contributed by atoms with E-state index in [0.717, 1.165) is 19.4 Å². The van der Waals surface area contributed by atoms with Gasteiger partial charge in [0.2, 0.25) is 5.91 Å². The Morgan fingerprint density at radius 1 is 1.44 bits per heavy atom. The zero-order valence-corrected chi connectivity index (χ0v) is 11.4. The molecule has 1 aliphatic heterocycles. The van der Waals surface area contributed by atoms with Crippen molar-refractivity contribution in [2.45, 2.75) is 38.0 Å². The normalized spacial score (nSPS) is 18.3. The molecule has 0 aromatic rings. The predicted octanol–water partition coefficient (Wildman–Crippen LogP) is 2.44. The second-order valence-corrected chi connectivity index (χ2v) is 5.26. The maximum absolute atomic E-state index is 11.7. The fourth-order valence-corrected chi connectivity index (χ4v) is 2.93. The molecule has 1 saturated heterocycles. The van der Waals surface area contributed by atoms with Crippen LogP contribution in [-0.4, -0.2) is 28.5 Å². The number of rotatable bonds is 6. The molecule has 0 N–H and O–H groups in total. The number of hydrogen-bond acceptors (Lipinski definition) is 4. The van der Waals surface area contributed by atoms with Crippen LogP contribution in [0, 0.1) is 22.7 Å². The van der Waals surface area contributed by atoms with Gasteiger partial charge in [-0.25, -0.2) is 0 Å². The maximum atomic E-state index is 11.7. The largest absolute Gasteiger partial charge is 0.326 e. The van der Waals surface area contributed by atoms with Crippen LogP contribution in [0.3, 0.4) is 0 Å². The van der Waals surface area contributed by atoms with Crippen LogP contribution >= 0.6 is 11.8 Å². The van der Waals surface area contributed by atoms with Crippen LogP contribution < -0.4 is 0 Å². The summed E-state index contributed by atoms with van der Waals surface area (Å²) in [5.41, 5.74) is 0.0840. The third-order valence-electron chi connectivity index (χ3n) is 2.81. The number of unbranched alkanes of at least 4 members (excludes halogenated alkanes) is 3. The molecular formula is C13H17N3OS. The SMILES string of the molecule is CCCCCCN1C(=O)CSC1C=C(C#N)C#N. The Kier molecular flexibility index (Phi) is 6.32. The smallest absolute Gasteiger partial charge is 0.233 e. The van der Waals surface area contributed by atoms with Crippen molar-refractivity contribution < 1.29 is 4.79 Å². The fraction of sp³-hybridized carbons (Fsp3) is 0.615. The molecule has 0 aliphatic carbocycles. The van der Waals surface area contributed by atoms with Crippen molar-refractivity contribution in [3.63, 3.8) is 0 Å². The molecule has 96 valence electrons. The quantitative estimate of drug-likeness (QED) is 0.545. The number of carbonyl (C=O) groups is 1. The van der Waals surface area contributed by atoms with E-state index in [0.29, 0.717) is 5.75 Å². The van der Waals surface area contributed by atoms with Crippen molar-refractivity contribution in [3.05, 3.63) is 11.6 Å². The van der Waals surface area contributed by atoms with Gasteiger partial charge in [0.15, 0.2) is 0 Å². The van der Waals surface area contributed by atoms with Crippen LogP contribution in [0.5, 0.6) is 0 Å². The average molecular weight is 263 g/mol. The summed E-state index contributed by atoms with van der Waals surface area (Å²) in [7, 11) is 0. The van der Waals surface area contributed by atoms with Gasteiger partial charge in [0.1, 0.15) is 17.7 Å². The standard InChI is InChI=1S/C13H17N3OS/c1-2-3-4-5-6-16-12(17)10-18-13(16)7-11(8-14)9-15/h7,13H,2-6,10H2,1H3. The molecule has 4 nitrogen and oxygen atoms in total. The highest BCUT2D eigenvalue weighted by atomic mass is 32.2. The molecule has 0 saturated carbocycles. The van der Waals surface area contributed by atoms with Crippen molar-refractivity contribution in [2.75, 3.05) is 12.3 Å². The monoisotopic (exact) mass is 263 g/mol. The lowest BCUT2D eigenvalue weighted by Gasteiger charge is -2.21. The van der Waals surface area contributed by atoms with E-state index >= 15 is 0 Å². The van der Waals surface area contributed by atoms with Gasteiger partial charge in [0.05, 0.1) is 11.1 Å². The van der Waals surface area contributed by atoms with Crippen molar-refractivity contribution >= 4 is 17.7 Å². The van der Waals surface area contributed by atoms with Crippen LogP contribution in [0.2, 0.25) is 0 Å². The number of thioether (sulfide) groups is 1. The summed E-state index contributed by atoms with van der Waals surface area (Å²) in [4.78, 5) is 13.5. The van der Waals surface area contributed by atoms with Crippen molar-refractivity contribution in [1.82, 2.24) is 4.90 Å². The first kappa shape index (κ1) is 14.6. The van der Waals surface area contributed by atoms with Gasteiger partial charge in [-0.05, 0) is 12.5 Å². The molecule has 1 aliphatic rings. The van der Waals surface area contributed by atoms with Crippen LogP contribution in [0.15, 0.2) is 11.6 Å². The molecule has 0 aromatic heterocycles. The molecule has 1 atom stereocenters. The van der Waals surface area contributed by atoms with Gasteiger partial charge in [0, 0.05) is 6.54 Å². The summed E-state index contributed by atoms with van der Waals surface area (Å²) < 4.78 is 0. The van der Waals surface area contributed by atoms with Gasteiger partial charge < -0.3 is 4.90 Å². The average Bonchev–Trinajstić information content (AvgIpc) is 2.73. The Hall–Kier alpha value is -1.46. The van der Waals surface area contributed by atoms with E-state index in [-0.39, 0.29) is 16.9 Å². The zero-order chi connectivity index (χ0) is 13.4. The molecule has 18 heavy (non-hydrogen) atoms. The van der Waals surface area contributed by atoms with Crippen molar-refractivity contribution in [2.24, 2.45) is 0 Å². The molecule has 1 unspecified atom stereocenters. The topological polar surface area (TPSA) is 67.9 Å². The Morgan fingerprint density at radius 2 is 2.17 bits per heavy atom. The Balaban J connectivity index is 2.57. The molecule has 5 heteroatoms. The highest BCUT2D eigenvalue weighted by Crippen LogP contribution is 2.27. The lowest BCUT2D eigenvalue weighted by atomic mass is 10.2. The van der Waals surface area contributed by atoms with E-state index in [9.17, 15) is 4.79 Å². The molecular weight excluding hydrogens is 246 g/mol. The second kappa shape index (κ2) is 7.79. The number of nitriles is 2. The third-order valence-corrected chi connectivity index (χ3v) is 3.95. The van der Waals surface area contributed by atoms with Crippen LogP contribution in [-0.2, 0) is 4.79 Å². The van der Waals surface area contributed by atoms with Gasteiger partial charge >= 0.3 is 0 Å². The summed E-state index contributed by atoms with van der Waals surface area (Å²) >= 11 is 1.48. The lowest BCUT2D eigenvalue weighted by Crippen LogP contribution is -2.32. The Bertz CT molecular complexity index is 389. The van der Waals surface area contributed by atoms with E-state index < -0.39 is 0 Å². The molecule has 1 heterocycles. The summed E-state index contributed by atoms with van der Waals surface area (Å²) in [5.74, 6) is 0.548. The molecule has 0 radical (unpaired) electrons. The molecule has 1 amide bonds. The number of nitrogens with zero attached hydrogens (tertiary/aromatic N) is 3. The minimum atomic E-state index is -0.145. The highest BCUT2D eigenvalue weighted by Gasteiger charge is 2.29. The predicted molar refractivity (Wildman–Crippen MR) is 71.4 cm³/mol. The third kappa shape index (κ3) is 4.09. The first-order chi connectivity index (χ1) is 8.72. The molecule has 0 aromatic carbocycles. The van der Waals surface area contributed by atoms with Gasteiger partial charge in [-0.2, -0.15) is 10.5 Å². The van der Waals surface area contributed by atoms with Gasteiger partial charge in [0.25, 0.3) is 0 Å². The number of allylic oxidation sites excluding steroid dienone is 1. The van der Waals surface area contributed by atoms with Crippen LogP contribution in [0.25, 0.3) is 0 Å². The van der Waals surface area contributed by atoms with E-state index in [1.165, 1.54) is 24.6 Å². The number of amides is 1. The van der Waals surface area contributed by atoms with Crippen molar-refractivity contribution in [1.29, 1.82) is 10.5 Å². The number of carbonyl (C=O) groups excluding carboxylic acids is 1. The van der Waals surface area contributed by atoms with E-state index in [1.54, 1.807) is 11.0 Å². The molecule has 0 spiro atoms. The lowest BCUT2D eigenvalue weighted by molar-refractivity contribution is -0.127. The van der Waals surface area contributed by atoms with Crippen LogP contribution in [0.1, 0.15) is 32.6 Å². The van der Waals surface area contributed by atoms with Gasteiger partial charge in [-0.15, -0.1) is 11.8 Å². The fourth-order valence-electron chi connectivity index (χ4n) is 1.81. The summed E-state index contributed by atoms with van der Waals surface area (Å²) in [6.07, 6.45) is 6.04. The van der Waals surface area contributed by atoms with E-state index in [1.807, 2.05) is 12.1 Å². The van der Waals surface area contributed by atoms with Gasteiger partial charge in [-0.1, -0.05) is 26.2 Å². The van der Waals surface area contributed by atoms with E-state index in [2.05, 4.69) is 6.92 Å². The van der Waals surface area contributed by atoms with Crippen LogP contribution in [0.4, 0.5) is 0 Å². The first-order valence-electron chi connectivity index (χ1n) is 6.16. The summed E-state index contributed by atoms with van der Waals surface area (Å²) in [5, 5.41) is 17.3. The van der Waals surface area contributed by atoms with E-state index in [4.69, 9.17) is 10.5 Å². The second-order valence-electron chi connectivity index (χ2n) is 4.15. The zero-order valence-electron chi connectivity index (χ0n) is 10.6. The first-order valence-corrected chi connectivity index (χ1v) is 7.21. The maximum Gasteiger partial charge on any atom is 0.233 e. The van der Waals surface area contributed by atoms with Crippen molar-refractivity contribution in [3.8, 4) is 12.1 Å². The highest BCUT2D eigenvalue weighted by molar-refractivity contribution is 8.01. The minimum absolute atomic E-state index is 0.0840. The molecule has 1 rings (SSSR count).